The van der Waals surface area contributed by atoms with Crippen LogP contribution in [0.4, 0.5) is 5.82 Å². The number of carbonyl (C=O) groups excluding carboxylic acids is 1. The van der Waals surface area contributed by atoms with E-state index in [9.17, 15) is 4.79 Å². The quantitative estimate of drug-likeness (QED) is 0.560. The number of ether oxygens (including phenoxy) is 1. The lowest BCUT2D eigenvalue weighted by molar-refractivity contribution is -0.134. The topological polar surface area (TPSA) is 82.1 Å². The summed E-state index contributed by atoms with van der Waals surface area (Å²) in [6.45, 7) is 5.47. The highest BCUT2D eigenvalue weighted by atomic mass is 16.5. The molecule has 3 heterocycles. The molecule has 2 aliphatic heterocycles. The van der Waals surface area contributed by atoms with Crippen LogP contribution in [0.5, 0.6) is 0 Å². The number of hydrogen-bond donors (Lipinski definition) is 2. The average Bonchev–Trinajstić information content (AvgIpc) is 3.49. The van der Waals surface area contributed by atoms with Crippen molar-refractivity contribution >= 4 is 17.7 Å². The van der Waals surface area contributed by atoms with Gasteiger partial charge in [0.1, 0.15) is 5.82 Å². The van der Waals surface area contributed by atoms with Crippen LogP contribution in [-0.2, 0) is 16.1 Å². The first kappa shape index (κ1) is 20.9. The molecule has 1 aromatic heterocycles. The summed E-state index contributed by atoms with van der Waals surface area (Å²) in [5.41, 5.74) is 1.15. The zero-order valence-corrected chi connectivity index (χ0v) is 18.0. The Bertz CT molecular complexity index is 743. The molecule has 30 heavy (non-hydrogen) atoms. The molecule has 2 saturated heterocycles. The van der Waals surface area contributed by atoms with Crippen LogP contribution in [-0.4, -0.2) is 74.2 Å². The number of pyridine rings is 1. The van der Waals surface area contributed by atoms with Crippen molar-refractivity contribution in [1.82, 2.24) is 20.5 Å². The van der Waals surface area contributed by atoms with Crippen LogP contribution in [0, 0.1) is 5.92 Å². The van der Waals surface area contributed by atoms with Gasteiger partial charge in [-0.05, 0) is 25.3 Å². The number of anilines is 1. The second-order valence-electron chi connectivity index (χ2n) is 8.41. The smallest absolute Gasteiger partial charge is 0.225 e. The van der Waals surface area contributed by atoms with Crippen molar-refractivity contribution < 1.29 is 9.53 Å². The minimum Gasteiger partial charge on any atom is -0.378 e. The van der Waals surface area contributed by atoms with E-state index in [0.717, 1.165) is 76.0 Å². The second kappa shape index (κ2) is 10.1. The maximum Gasteiger partial charge on any atom is 0.225 e. The third-order valence-electron chi connectivity index (χ3n) is 6.39. The van der Waals surface area contributed by atoms with Gasteiger partial charge in [-0.15, -0.1) is 0 Å². The third-order valence-corrected chi connectivity index (χ3v) is 6.39. The Kier molecular flexibility index (Phi) is 7.04. The number of guanidine groups is 1. The molecule has 1 aromatic rings. The highest BCUT2D eigenvalue weighted by molar-refractivity contribution is 5.81. The predicted octanol–water partition coefficient (Wildman–Crippen LogP) is 1.37. The van der Waals surface area contributed by atoms with E-state index in [4.69, 9.17) is 4.74 Å². The van der Waals surface area contributed by atoms with Crippen molar-refractivity contribution in [3.05, 3.63) is 23.9 Å². The number of nitrogens with zero attached hydrogens (tertiary/aromatic N) is 4. The molecule has 1 aliphatic carbocycles. The Balaban J connectivity index is 1.29. The van der Waals surface area contributed by atoms with Gasteiger partial charge in [0.25, 0.3) is 0 Å². The van der Waals surface area contributed by atoms with E-state index in [1.54, 1.807) is 7.05 Å². The second-order valence-corrected chi connectivity index (χ2v) is 8.41. The molecule has 0 bridgehead atoms. The Labute approximate surface area is 179 Å². The van der Waals surface area contributed by atoms with Crippen LogP contribution >= 0.6 is 0 Å². The van der Waals surface area contributed by atoms with Gasteiger partial charge in [0.2, 0.25) is 5.91 Å². The van der Waals surface area contributed by atoms with E-state index < -0.39 is 0 Å². The average molecular weight is 415 g/mol. The SMILES string of the molecule is CN=C(NCc1cccnc1N1CCOCC1)NC1CCN(C(=O)C2CCCC2)C1. The first-order valence-electron chi connectivity index (χ1n) is 11.3. The number of likely N-dealkylation sites (tertiary alicyclic amines) is 1. The van der Waals surface area contributed by atoms with Crippen molar-refractivity contribution in [1.29, 1.82) is 0 Å². The molecule has 3 aliphatic rings. The molecule has 1 unspecified atom stereocenters. The van der Waals surface area contributed by atoms with Crippen molar-refractivity contribution in [3.63, 3.8) is 0 Å². The molecule has 4 rings (SSSR count). The summed E-state index contributed by atoms with van der Waals surface area (Å²) < 4.78 is 5.47. The summed E-state index contributed by atoms with van der Waals surface area (Å²) in [5, 5.41) is 6.93. The molecule has 1 atom stereocenters. The first-order valence-corrected chi connectivity index (χ1v) is 11.3. The lowest BCUT2D eigenvalue weighted by Crippen LogP contribution is -2.45. The van der Waals surface area contributed by atoms with Crippen molar-refractivity contribution in [2.75, 3.05) is 51.3 Å². The molecule has 0 spiro atoms. The molecule has 2 N–H and O–H groups in total. The number of rotatable bonds is 5. The molecule has 3 fully saturated rings. The lowest BCUT2D eigenvalue weighted by atomic mass is 10.1. The van der Waals surface area contributed by atoms with Gasteiger partial charge in [0, 0.05) is 63.5 Å². The summed E-state index contributed by atoms with van der Waals surface area (Å²) >= 11 is 0. The third kappa shape index (κ3) is 5.03. The highest BCUT2D eigenvalue weighted by Gasteiger charge is 2.32. The van der Waals surface area contributed by atoms with E-state index >= 15 is 0 Å². The highest BCUT2D eigenvalue weighted by Crippen LogP contribution is 2.27. The Morgan fingerprint density at radius 2 is 2.03 bits per heavy atom. The number of carbonyl (C=O) groups is 1. The number of aliphatic imine (C=N–C) groups is 1. The fourth-order valence-corrected chi connectivity index (χ4v) is 4.70. The summed E-state index contributed by atoms with van der Waals surface area (Å²) in [7, 11) is 1.79. The van der Waals surface area contributed by atoms with Crippen molar-refractivity contribution in [3.8, 4) is 0 Å². The number of amides is 1. The predicted molar refractivity (Wildman–Crippen MR) is 118 cm³/mol. The Morgan fingerprint density at radius 3 is 2.80 bits per heavy atom. The van der Waals surface area contributed by atoms with Crippen LogP contribution in [0.1, 0.15) is 37.7 Å². The van der Waals surface area contributed by atoms with E-state index in [2.05, 4.69) is 31.6 Å². The van der Waals surface area contributed by atoms with Gasteiger partial charge in [-0.3, -0.25) is 9.79 Å². The maximum atomic E-state index is 12.7. The molecule has 0 aromatic carbocycles. The van der Waals surface area contributed by atoms with Gasteiger partial charge in [-0.2, -0.15) is 0 Å². The van der Waals surface area contributed by atoms with E-state index in [1.165, 1.54) is 12.8 Å². The van der Waals surface area contributed by atoms with Crippen LogP contribution in [0.15, 0.2) is 23.3 Å². The van der Waals surface area contributed by atoms with Gasteiger partial charge in [-0.1, -0.05) is 18.9 Å². The molecule has 0 radical (unpaired) electrons. The molecule has 1 amide bonds. The summed E-state index contributed by atoms with van der Waals surface area (Å²) in [6.07, 6.45) is 7.33. The molecule has 1 saturated carbocycles. The van der Waals surface area contributed by atoms with Gasteiger partial charge in [0.15, 0.2) is 5.96 Å². The van der Waals surface area contributed by atoms with Crippen LogP contribution < -0.4 is 15.5 Å². The van der Waals surface area contributed by atoms with Crippen LogP contribution in [0.3, 0.4) is 0 Å². The van der Waals surface area contributed by atoms with Gasteiger partial charge in [-0.25, -0.2) is 4.98 Å². The normalized spacial score (nSPS) is 23.1. The van der Waals surface area contributed by atoms with Gasteiger partial charge >= 0.3 is 0 Å². The lowest BCUT2D eigenvalue weighted by Gasteiger charge is -2.29. The largest absolute Gasteiger partial charge is 0.378 e. The summed E-state index contributed by atoms with van der Waals surface area (Å²) in [4.78, 5) is 26.0. The number of nitrogens with one attached hydrogen (secondary N) is 2. The standard InChI is InChI=1S/C22H34N6O2/c1-23-22(26-19-8-10-28(16-19)21(29)17-5-2-3-6-17)25-15-18-7-4-9-24-20(18)27-11-13-30-14-12-27/h4,7,9,17,19H,2-3,5-6,8,10-16H2,1H3,(H2,23,25,26). The zero-order valence-electron chi connectivity index (χ0n) is 18.0. The Hall–Kier alpha value is -2.35. The molecule has 8 nitrogen and oxygen atoms in total. The number of morpholine rings is 1. The van der Waals surface area contributed by atoms with Gasteiger partial charge < -0.3 is 25.2 Å². The minimum atomic E-state index is 0.245. The molecular weight excluding hydrogens is 380 g/mol. The van der Waals surface area contributed by atoms with Crippen LogP contribution in [0.2, 0.25) is 0 Å². The van der Waals surface area contributed by atoms with Crippen molar-refractivity contribution in [2.45, 2.75) is 44.7 Å². The molecule has 164 valence electrons. The minimum absolute atomic E-state index is 0.245. The van der Waals surface area contributed by atoms with E-state index in [-0.39, 0.29) is 12.0 Å². The summed E-state index contributed by atoms with van der Waals surface area (Å²) in [5.74, 6) is 2.39. The zero-order chi connectivity index (χ0) is 20.8. The molecule has 8 heteroatoms. The number of hydrogen-bond acceptors (Lipinski definition) is 5. The number of aromatic nitrogens is 1. The van der Waals surface area contributed by atoms with E-state index in [1.807, 2.05) is 17.2 Å². The molecular formula is C22H34N6O2. The fourth-order valence-electron chi connectivity index (χ4n) is 4.70. The Morgan fingerprint density at radius 1 is 1.23 bits per heavy atom. The summed E-state index contributed by atoms with van der Waals surface area (Å²) in [6, 6.07) is 4.32. The first-order chi connectivity index (χ1) is 14.7. The maximum absolute atomic E-state index is 12.7. The van der Waals surface area contributed by atoms with E-state index in [0.29, 0.717) is 12.5 Å². The van der Waals surface area contributed by atoms with Crippen LogP contribution in [0.25, 0.3) is 0 Å². The monoisotopic (exact) mass is 414 g/mol. The van der Waals surface area contributed by atoms with Gasteiger partial charge in [0.05, 0.1) is 13.2 Å². The fraction of sp³-hybridized carbons (Fsp3) is 0.682. The van der Waals surface area contributed by atoms with Crippen molar-refractivity contribution in [2.24, 2.45) is 10.9 Å².